The van der Waals surface area contributed by atoms with Crippen LogP contribution in [0.3, 0.4) is 0 Å². The van der Waals surface area contributed by atoms with Crippen LogP contribution in [0.4, 0.5) is 23.3 Å². The molecule has 0 atom stereocenters. The summed E-state index contributed by atoms with van der Waals surface area (Å²) in [5, 5.41) is 6.14. The third kappa shape index (κ3) is 3.02. The minimum atomic E-state index is 0.636. The molecular weight excluding hydrogens is 254 g/mol. The summed E-state index contributed by atoms with van der Waals surface area (Å²) in [4.78, 5) is 20.6. The van der Waals surface area contributed by atoms with Crippen LogP contribution in [0, 0.1) is 0 Å². The van der Waals surface area contributed by atoms with Crippen molar-refractivity contribution >= 4 is 23.3 Å². The van der Waals surface area contributed by atoms with Crippen LogP contribution < -0.4 is 10.6 Å². The second kappa shape index (κ2) is 5.70. The molecule has 0 radical (unpaired) electrons. The smallest absolute Gasteiger partial charge is 0.150 e. The lowest BCUT2D eigenvalue weighted by atomic mass is 10.4. The Morgan fingerprint density at radius 3 is 1.65 bits per heavy atom. The molecule has 0 aliphatic rings. The molecule has 0 aliphatic heterocycles. The SMILES string of the molecule is c1cc(Nc2cnccn2)nc(Nc2cnccn2)c1. The third-order valence-corrected chi connectivity index (χ3v) is 2.39. The number of nitrogens with zero attached hydrogens (tertiary/aromatic N) is 5. The molecule has 0 unspecified atom stereocenters. The fourth-order valence-corrected chi connectivity index (χ4v) is 1.56. The molecule has 7 heteroatoms. The van der Waals surface area contributed by atoms with Gasteiger partial charge < -0.3 is 10.6 Å². The highest BCUT2D eigenvalue weighted by molar-refractivity contribution is 5.57. The minimum absolute atomic E-state index is 0.636. The van der Waals surface area contributed by atoms with E-state index in [1.807, 2.05) is 18.2 Å². The van der Waals surface area contributed by atoms with Gasteiger partial charge in [0.2, 0.25) is 0 Å². The lowest BCUT2D eigenvalue weighted by Gasteiger charge is -2.07. The van der Waals surface area contributed by atoms with Gasteiger partial charge in [0.25, 0.3) is 0 Å². The van der Waals surface area contributed by atoms with Gasteiger partial charge in [-0.2, -0.15) is 0 Å². The topological polar surface area (TPSA) is 88.5 Å². The van der Waals surface area contributed by atoms with E-state index < -0.39 is 0 Å². The van der Waals surface area contributed by atoms with Gasteiger partial charge in [-0.05, 0) is 12.1 Å². The van der Waals surface area contributed by atoms with E-state index in [1.54, 1.807) is 37.2 Å². The maximum atomic E-state index is 4.41. The van der Waals surface area contributed by atoms with Crippen LogP contribution >= 0.6 is 0 Å². The molecule has 0 saturated carbocycles. The van der Waals surface area contributed by atoms with E-state index in [0.717, 1.165) is 0 Å². The molecule has 98 valence electrons. The molecule has 0 spiro atoms. The summed E-state index contributed by atoms with van der Waals surface area (Å²) in [5.74, 6) is 2.60. The van der Waals surface area contributed by atoms with E-state index in [1.165, 1.54) is 0 Å². The lowest BCUT2D eigenvalue weighted by molar-refractivity contribution is 1.17. The molecule has 3 rings (SSSR count). The van der Waals surface area contributed by atoms with Crippen molar-refractivity contribution < 1.29 is 0 Å². The molecular formula is C13H11N7. The molecule has 20 heavy (non-hydrogen) atoms. The molecule has 0 saturated heterocycles. The third-order valence-electron chi connectivity index (χ3n) is 2.39. The predicted octanol–water partition coefficient (Wildman–Crippen LogP) is 2.15. The Morgan fingerprint density at radius 2 is 1.20 bits per heavy atom. The quantitative estimate of drug-likeness (QED) is 0.747. The van der Waals surface area contributed by atoms with Crippen LogP contribution in [0.2, 0.25) is 0 Å². The molecule has 0 aromatic carbocycles. The zero-order valence-corrected chi connectivity index (χ0v) is 10.4. The molecule has 3 aromatic rings. The first-order chi connectivity index (χ1) is 9.90. The Hall–Kier alpha value is -3.09. The van der Waals surface area contributed by atoms with Gasteiger partial charge in [-0.25, -0.2) is 15.0 Å². The zero-order chi connectivity index (χ0) is 13.6. The Bertz CT molecular complexity index is 616. The monoisotopic (exact) mass is 265 g/mol. The summed E-state index contributed by atoms with van der Waals surface area (Å²) in [5.41, 5.74) is 0. The maximum Gasteiger partial charge on any atom is 0.150 e. The van der Waals surface area contributed by atoms with Crippen molar-refractivity contribution in [2.45, 2.75) is 0 Å². The fraction of sp³-hybridized carbons (Fsp3) is 0. The van der Waals surface area contributed by atoms with Gasteiger partial charge >= 0.3 is 0 Å². The number of aromatic nitrogens is 5. The van der Waals surface area contributed by atoms with Crippen molar-refractivity contribution in [3.05, 3.63) is 55.4 Å². The lowest BCUT2D eigenvalue weighted by Crippen LogP contribution is -2.00. The summed E-state index contributed by atoms with van der Waals surface area (Å²) in [7, 11) is 0. The van der Waals surface area contributed by atoms with Crippen LogP contribution in [0.25, 0.3) is 0 Å². The number of rotatable bonds is 4. The van der Waals surface area contributed by atoms with Gasteiger partial charge in [-0.15, -0.1) is 0 Å². The molecule has 0 amide bonds. The summed E-state index contributed by atoms with van der Waals surface area (Å²) < 4.78 is 0. The molecule has 2 N–H and O–H groups in total. The molecule has 0 bridgehead atoms. The normalized spacial score (nSPS) is 10.0. The Balaban J connectivity index is 1.76. The van der Waals surface area contributed by atoms with Gasteiger partial charge in [0.05, 0.1) is 12.4 Å². The van der Waals surface area contributed by atoms with Crippen LogP contribution in [0.5, 0.6) is 0 Å². The molecule has 7 nitrogen and oxygen atoms in total. The maximum absolute atomic E-state index is 4.41. The van der Waals surface area contributed by atoms with Crippen molar-refractivity contribution in [1.82, 2.24) is 24.9 Å². The molecule has 3 heterocycles. The average molecular weight is 265 g/mol. The highest BCUT2D eigenvalue weighted by Gasteiger charge is 2.00. The van der Waals surface area contributed by atoms with E-state index in [9.17, 15) is 0 Å². The minimum Gasteiger partial charge on any atom is -0.324 e. The van der Waals surface area contributed by atoms with Crippen LogP contribution in [0.1, 0.15) is 0 Å². The second-order valence-electron chi connectivity index (χ2n) is 3.84. The van der Waals surface area contributed by atoms with Crippen molar-refractivity contribution in [3.63, 3.8) is 0 Å². The van der Waals surface area contributed by atoms with Gasteiger partial charge in [0, 0.05) is 24.8 Å². The van der Waals surface area contributed by atoms with E-state index >= 15 is 0 Å². The van der Waals surface area contributed by atoms with Crippen molar-refractivity contribution in [2.75, 3.05) is 10.6 Å². The Labute approximate surface area is 115 Å². The first kappa shape index (κ1) is 12.0. The Morgan fingerprint density at radius 1 is 0.650 bits per heavy atom. The van der Waals surface area contributed by atoms with Crippen molar-refractivity contribution in [1.29, 1.82) is 0 Å². The van der Waals surface area contributed by atoms with E-state index in [-0.39, 0.29) is 0 Å². The van der Waals surface area contributed by atoms with Crippen molar-refractivity contribution in [2.24, 2.45) is 0 Å². The van der Waals surface area contributed by atoms with Crippen LogP contribution in [-0.2, 0) is 0 Å². The summed E-state index contributed by atoms with van der Waals surface area (Å²) in [6, 6.07) is 5.57. The highest BCUT2D eigenvalue weighted by Crippen LogP contribution is 2.15. The summed E-state index contributed by atoms with van der Waals surface area (Å²) >= 11 is 0. The van der Waals surface area contributed by atoms with E-state index in [2.05, 4.69) is 35.6 Å². The van der Waals surface area contributed by atoms with Crippen molar-refractivity contribution in [3.8, 4) is 0 Å². The standard InChI is InChI=1S/C13H11N7/c1-2-10(19-12-8-14-4-6-16-12)18-11(3-1)20-13-9-15-5-7-17-13/h1-9H,(H2,16,17,18,19,20). The second-order valence-corrected chi connectivity index (χ2v) is 3.84. The van der Waals surface area contributed by atoms with Gasteiger partial charge in [-0.1, -0.05) is 6.07 Å². The molecule has 3 aromatic heterocycles. The van der Waals surface area contributed by atoms with E-state index in [4.69, 9.17) is 0 Å². The zero-order valence-electron chi connectivity index (χ0n) is 10.4. The fourth-order valence-electron chi connectivity index (χ4n) is 1.56. The number of hydrogen-bond donors (Lipinski definition) is 2. The predicted molar refractivity (Wildman–Crippen MR) is 74.9 cm³/mol. The summed E-state index contributed by atoms with van der Waals surface area (Å²) in [6.07, 6.45) is 9.72. The van der Waals surface area contributed by atoms with Crippen LogP contribution in [-0.4, -0.2) is 24.9 Å². The number of pyridine rings is 1. The van der Waals surface area contributed by atoms with Gasteiger partial charge in [0.15, 0.2) is 0 Å². The van der Waals surface area contributed by atoms with Gasteiger partial charge in [0.1, 0.15) is 23.3 Å². The summed E-state index contributed by atoms with van der Waals surface area (Å²) in [6.45, 7) is 0. The average Bonchev–Trinajstić information content (AvgIpc) is 2.50. The largest absolute Gasteiger partial charge is 0.324 e. The Kier molecular flexibility index (Phi) is 3.41. The number of nitrogens with one attached hydrogen (secondary N) is 2. The number of anilines is 4. The van der Waals surface area contributed by atoms with E-state index in [0.29, 0.717) is 23.3 Å². The van der Waals surface area contributed by atoms with Gasteiger partial charge in [-0.3, -0.25) is 9.97 Å². The molecule has 0 aliphatic carbocycles. The highest BCUT2D eigenvalue weighted by atomic mass is 15.1. The van der Waals surface area contributed by atoms with Crippen LogP contribution in [0.15, 0.2) is 55.4 Å². The first-order valence-electron chi connectivity index (χ1n) is 5.93. The molecule has 0 fully saturated rings. The first-order valence-corrected chi connectivity index (χ1v) is 5.93. The number of hydrogen-bond acceptors (Lipinski definition) is 7.